The molecule has 67 heavy (non-hydrogen) atoms. The average Bonchev–Trinajstić information content (AvgIpc) is 4.11. The van der Waals surface area contributed by atoms with Crippen molar-refractivity contribution in [2.75, 3.05) is 0 Å². The number of benzene rings is 7. The summed E-state index contributed by atoms with van der Waals surface area (Å²) in [7, 11) is 0. The fourth-order valence-electron chi connectivity index (χ4n) is 10.4. The Balaban J connectivity index is 1.03. The molecule has 0 unspecified atom stereocenters. The smallest absolute Gasteiger partial charge is 0.144 e. The van der Waals surface area contributed by atoms with Gasteiger partial charge in [0.25, 0.3) is 0 Å². The van der Waals surface area contributed by atoms with Gasteiger partial charge in [-0.05, 0) is 147 Å². The molecule has 0 amide bonds. The first-order valence-corrected chi connectivity index (χ1v) is 23.3. The maximum Gasteiger partial charge on any atom is 0.144 e. The lowest BCUT2D eigenvalue weighted by atomic mass is 9.92. The zero-order valence-corrected chi connectivity index (χ0v) is 40.0. The van der Waals surface area contributed by atoms with E-state index < -0.39 is 0 Å². The molecule has 10 rings (SSSR count). The molecular formula is C61H56N6. The van der Waals surface area contributed by atoms with Crippen LogP contribution in [0.5, 0.6) is 0 Å². The first-order valence-electron chi connectivity index (χ1n) is 23.3. The molecule has 330 valence electrons. The van der Waals surface area contributed by atoms with E-state index in [2.05, 4.69) is 222 Å². The summed E-state index contributed by atoms with van der Waals surface area (Å²) in [6.07, 6.45) is 12.9. The molecule has 0 radical (unpaired) electrons. The SMILES string of the molecule is CCc1cc(C)cc(C)c1-n1ccnc1-c1ccc(-c2cc(-c3ccc(-c4nccn4-c4c(C)cc(C)cc4C)cc3)cc(-c3ccc(-c4nccn4-c4c(C)cc(C)cc4C)cc3)c2)cc1. The first kappa shape index (κ1) is 43.1. The van der Waals surface area contributed by atoms with Crippen molar-refractivity contribution in [2.24, 2.45) is 0 Å². The van der Waals surface area contributed by atoms with E-state index in [1.165, 1.54) is 67.1 Å². The molecule has 0 aliphatic rings. The molecule has 0 atom stereocenters. The van der Waals surface area contributed by atoms with Crippen molar-refractivity contribution >= 4 is 0 Å². The zero-order valence-electron chi connectivity index (χ0n) is 40.0. The number of rotatable bonds is 10. The van der Waals surface area contributed by atoms with Gasteiger partial charge in [0, 0.05) is 53.9 Å². The van der Waals surface area contributed by atoms with Crippen molar-refractivity contribution in [1.29, 1.82) is 0 Å². The monoisotopic (exact) mass is 872 g/mol. The van der Waals surface area contributed by atoms with Gasteiger partial charge < -0.3 is 0 Å². The van der Waals surface area contributed by atoms with Crippen LogP contribution in [0.1, 0.15) is 57.0 Å². The lowest BCUT2D eigenvalue weighted by molar-refractivity contribution is 0.992. The highest BCUT2D eigenvalue weighted by molar-refractivity contribution is 5.83. The van der Waals surface area contributed by atoms with Crippen LogP contribution in [-0.4, -0.2) is 28.7 Å². The Hall–Kier alpha value is -7.83. The minimum absolute atomic E-state index is 0.925. The number of aryl methyl sites for hydroxylation is 9. The van der Waals surface area contributed by atoms with Crippen molar-refractivity contribution < 1.29 is 0 Å². The molecule has 0 bridgehead atoms. The molecule has 0 aliphatic carbocycles. The van der Waals surface area contributed by atoms with Crippen LogP contribution in [-0.2, 0) is 6.42 Å². The lowest BCUT2D eigenvalue weighted by Crippen LogP contribution is -2.04. The van der Waals surface area contributed by atoms with Crippen LogP contribution < -0.4 is 0 Å². The summed E-state index contributed by atoms with van der Waals surface area (Å²) >= 11 is 0. The minimum Gasteiger partial charge on any atom is -0.299 e. The van der Waals surface area contributed by atoms with E-state index in [-0.39, 0.29) is 0 Å². The average molecular weight is 873 g/mol. The molecule has 0 aliphatic heterocycles. The number of nitrogens with zero attached hydrogens (tertiary/aromatic N) is 6. The van der Waals surface area contributed by atoms with Crippen molar-refractivity contribution in [3.05, 3.63) is 215 Å². The summed E-state index contributed by atoms with van der Waals surface area (Å²) in [4.78, 5) is 14.6. The van der Waals surface area contributed by atoms with E-state index in [0.29, 0.717) is 0 Å². The highest BCUT2D eigenvalue weighted by Gasteiger charge is 2.18. The molecule has 3 heterocycles. The van der Waals surface area contributed by atoms with Crippen molar-refractivity contribution in [3.8, 4) is 84.6 Å². The topological polar surface area (TPSA) is 53.5 Å². The Morgan fingerprint density at radius 3 is 0.896 bits per heavy atom. The van der Waals surface area contributed by atoms with E-state index in [1.807, 2.05) is 18.6 Å². The standard InChI is InChI=1S/C61H56N6/c1-10-46-34-40(4)33-45(9)58(46)67-28-25-64-61(67)52-21-15-49(16-22-52)55-36-53(47-11-17-50(18-12-47)59-62-23-26-65(59)56-41(5)29-38(2)30-42(56)6)35-54(37-55)48-13-19-51(20-14-48)60-63-24-27-66(60)57-43(7)31-39(3)32-44(57)8/h11-37H,10H2,1-9H3. The number of aromatic nitrogens is 6. The summed E-state index contributed by atoms with van der Waals surface area (Å²) in [5.74, 6) is 2.78. The maximum absolute atomic E-state index is 4.88. The van der Waals surface area contributed by atoms with E-state index >= 15 is 0 Å². The van der Waals surface area contributed by atoms with Gasteiger partial charge in [-0.2, -0.15) is 0 Å². The van der Waals surface area contributed by atoms with Crippen LogP contribution in [0.2, 0.25) is 0 Å². The van der Waals surface area contributed by atoms with E-state index in [9.17, 15) is 0 Å². The second-order valence-corrected chi connectivity index (χ2v) is 18.3. The Morgan fingerprint density at radius 2 is 0.582 bits per heavy atom. The summed E-state index contributed by atoms with van der Waals surface area (Å²) in [6, 6.07) is 47.0. The number of hydrogen-bond donors (Lipinski definition) is 0. The van der Waals surface area contributed by atoms with Crippen molar-refractivity contribution in [1.82, 2.24) is 28.7 Å². The van der Waals surface area contributed by atoms with E-state index in [0.717, 1.165) is 74.0 Å². The van der Waals surface area contributed by atoms with Gasteiger partial charge in [-0.3, -0.25) is 13.7 Å². The molecule has 7 aromatic carbocycles. The molecule has 0 spiro atoms. The fraction of sp³-hybridized carbons (Fsp3) is 0.164. The van der Waals surface area contributed by atoms with Crippen LogP contribution in [0.3, 0.4) is 0 Å². The van der Waals surface area contributed by atoms with Gasteiger partial charge >= 0.3 is 0 Å². The summed E-state index contributed by atoms with van der Waals surface area (Å²) < 4.78 is 6.69. The molecular weight excluding hydrogens is 817 g/mol. The summed E-state index contributed by atoms with van der Waals surface area (Å²) in [5.41, 5.74) is 24.9. The van der Waals surface area contributed by atoms with Crippen LogP contribution >= 0.6 is 0 Å². The Labute approximate surface area is 395 Å². The summed E-state index contributed by atoms with van der Waals surface area (Å²) in [5, 5.41) is 0. The Kier molecular flexibility index (Phi) is 11.3. The second-order valence-electron chi connectivity index (χ2n) is 18.3. The molecule has 6 nitrogen and oxygen atoms in total. The third-order valence-corrected chi connectivity index (χ3v) is 13.2. The molecule has 10 aromatic rings. The second kappa shape index (κ2) is 17.5. The van der Waals surface area contributed by atoms with Gasteiger partial charge in [-0.25, -0.2) is 15.0 Å². The lowest BCUT2D eigenvalue weighted by Gasteiger charge is -2.17. The molecule has 6 heteroatoms. The first-order chi connectivity index (χ1) is 32.4. The fourth-order valence-corrected chi connectivity index (χ4v) is 10.4. The third-order valence-electron chi connectivity index (χ3n) is 13.2. The van der Waals surface area contributed by atoms with Gasteiger partial charge in [0.05, 0.1) is 17.1 Å². The number of imidazole rings is 3. The molecule has 3 aromatic heterocycles. The highest BCUT2D eigenvalue weighted by Crippen LogP contribution is 2.37. The van der Waals surface area contributed by atoms with E-state index in [4.69, 9.17) is 15.0 Å². The predicted molar refractivity (Wildman–Crippen MR) is 278 cm³/mol. The van der Waals surface area contributed by atoms with Crippen molar-refractivity contribution in [3.63, 3.8) is 0 Å². The molecule has 0 saturated heterocycles. The van der Waals surface area contributed by atoms with Gasteiger partial charge in [-0.15, -0.1) is 0 Å². The van der Waals surface area contributed by atoms with Gasteiger partial charge in [0.15, 0.2) is 0 Å². The van der Waals surface area contributed by atoms with E-state index in [1.54, 1.807) is 0 Å². The Bertz CT molecular complexity index is 3250. The minimum atomic E-state index is 0.925. The largest absolute Gasteiger partial charge is 0.299 e. The van der Waals surface area contributed by atoms with Crippen LogP contribution in [0.15, 0.2) is 165 Å². The van der Waals surface area contributed by atoms with Crippen molar-refractivity contribution in [2.45, 2.75) is 68.7 Å². The zero-order chi connectivity index (χ0) is 46.5. The normalized spacial score (nSPS) is 11.4. The summed E-state index contributed by atoms with van der Waals surface area (Å²) in [6.45, 7) is 19.6. The molecule has 0 N–H and O–H groups in total. The van der Waals surface area contributed by atoms with Gasteiger partial charge in [0.1, 0.15) is 17.5 Å². The predicted octanol–water partition coefficient (Wildman–Crippen LogP) is 15.3. The molecule has 0 fully saturated rings. The molecule has 0 saturated carbocycles. The number of hydrogen-bond acceptors (Lipinski definition) is 3. The third kappa shape index (κ3) is 8.14. The Morgan fingerprint density at radius 1 is 0.313 bits per heavy atom. The van der Waals surface area contributed by atoms with Gasteiger partial charge in [0.2, 0.25) is 0 Å². The van der Waals surface area contributed by atoms with Crippen LogP contribution in [0.25, 0.3) is 84.6 Å². The van der Waals surface area contributed by atoms with Crippen LogP contribution in [0, 0.1) is 55.4 Å². The maximum atomic E-state index is 4.88. The van der Waals surface area contributed by atoms with Crippen LogP contribution in [0.4, 0.5) is 0 Å². The quantitative estimate of drug-likeness (QED) is 0.138. The van der Waals surface area contributed by atoms with Gasteiger partial charge in [-0.1, -0.05) is 133 Å². The highest BCUT2D eigenvalue weighted by atomic mass is 15.1.